The smallest absolute Gasteiger partial charge is 0.520 e. The van der Waals surface area contributed by atoms with Gasteiger partial charge in [-0.3, -0.25) is 9.59 Å². The SMILES string of the molecule is C#C[CH2-].CC.O=[C-]NC(CC(=O)c1ccccc1)C(=O)O.[K+]. The summed E-state index contributed by atoms with van der Waals surface area (Å²) in [7, 11) is 0. The van der Waals surface area contributed by atoms with E-state index in [4.69, 9.17) is 5.11 Å². The Balaban J connectivity index is -0.000000536. The minimum absolute atomic E-state index is 0. The fraction of sp³-hybridized carbons (Fsp3) is 0.250. The quantitative estimate of drug-likeness (QED) is 0.227. The van der Waals surface area contributed by atoms with Crippen LogP contribution in [-0.4, -0.2) is 29.3 Å². The van der Waals surface area contributed by atoms with E-state index in [1.54, 1.807) is 30.3 Å². The van der Waals surface area contributed by atoms with Crippen LogP contribution in [0.5, 0.6) is 0 Å². The van der Waals surface area contributed by atoms with Crippen molar-refractivity contribution in [2.75, 3.05) is 0 Å². The van der Waals surface area contributed by atoms with E-state index >= 15 is 0 Å². The Morgan fingerprint density at radius 3 is 2.18 bits per heavy atom. The first-order valence-corrected chi connectivity index (χ1v) is 6.23. The largest absolute Gasteiger partial charge is 1.00 e. The number of Topliss-reactive ketones (excluding diaryl/α,β-unsaturated/α-hetero) is 1. The Kier molecular flexibility index (Phi) is 21.1. The van der Waals surface area contributed by atoms with E-state index in [2.05, 4.69) is 13.3 Å². The molecule has 114 valence electrons. The molecule has 6 heteroatoms. The molecule has 0 aromatic heterocycles. The number of carboxylic acids is 1. The molecule has 0 heterocycles. The summed E-state index contributed by atoms with van der Waals surface area (Å²) in [6.07, 6.45) is 5.48. The summed E-state index contributed by atoms with van der Waals surface area (Å²) in [5, 5.41) is 10.7. The summed E-state index contributed by atoms with van der Waals surface area (Å²) < 4.78 is 0. The summed E-state index contributed by atoms with van der Waals surface area (Å²) in [4.78, 5) is 32.3. The minimum Gasteiger partial charge on any atom is -0.520 e. The van der Waals surface area contributed by atoms with Gasteiger partial charge in [-0.2, -0.15) is 13.3 Å². The van der Waals surface area contributed by atoms with E-state index in [1.165, 1.54) is 6.41 Å². The zero-order chi connectivity index (χ0) is 16.7. The van der Waals surface area contributed by atoms with Gasteiger partial charge in [-0.25, -0.2) is 0 Å². The first kappa shape index (κ1) is 25.8. The molecule has 0 saturated carbocycles. The Labute approximate surface area is 174 Å². The molecule has 0 spiro atoms. The number of rotatable bonds is 6. The van der Waals surface area contributed by atoms with Gasteiger partial charge in [-0.1, -0.05) is 44.2 Å². The molecule has 5 nitrogen and oxygen atoms in total. The molecule has 1 atom stereocenters. The second kappa shape index (κ2) is 17.9. The van der Waals surface area contributed by atoms with Gasteiger partial charge >= 0.3 is 57.4 Å². The van der Waals surface area contributed by atoms with Crippen molar-refractivity contribution in [1.82, 2.24) is 5.32 Å². The van der Waals surface area contributed by atoms with Crippen LogP contribution in [0.1, 0.15) is 30.6 Å². The predicted octanol–water partition coefficient (Wildman–Crippen LogP) is -1.15. The third-order valence-corrected chi connectivity index (χ3v) is 2.02. The standard InChI is InChI=1S/C11H10NO4.C3H3.C2H6.K/c13-7-12-9(11(15)16)6-10(14)8-4-2-1-3-5-8;1-3-2;1-2;/h1-5,9H,6H2,(H,12,13)(H,15,16);1H,2H2;1-2H3;/q2*-1;;+1. The number of nitrogens with one attached hydrogen (secondary N) is 1. The van der Waals surface area contributed by atoms with Crippen molar-refractivity contribution in [2.45, 2.75) is 26.3 Å². The third-order valence-electron chi connectivity index (χ3n) is 2.02. The van der Waals surface area contributed by atoms with Gasteiger partial charge in [0.05, 0.1) is 0 Å². The van der Waals surface area contributed by atoms with Gasteiger partial charge in [-0.15, -0.1) is 0 Å². The molecule has 0 fully saturated rings. The van der Waals surface area contributed by atoms with Gasteiger partial charge in [0.15, 0.2) is 5.78 Å². The average Bonchev–Trinajstić information content (AvgIpc) is 2.50. The molecule has 1 rings (SSSR count). The molecule has 0 aliphatic heterocycles. The number of amides is 1. The molecule has 1 aromatic carbocycles. The van der Waals surface area contributed by atoms with Crippen molar-refractivity contribution in [3.05, 3.63) is 42.8 Å². The van der Waals surface area contributed by atoms with Crippen LogP contribution < -0.4 is 56.7 Å². The number of carbonyl (C=O) groups is 2. The molecular formula is C16H19KNO4-. The molecule has 2 N–H and O–H groups in total. The van der Waals surface area contributed by atoms with Crippen molar-refractivity contribution in [2.24, 2.45) is 0 Å². The van der Waals surface area contributed by atoms with E-state index in [0.717, 1.165) is 0 Å². The van der Waals surface area contributed by atoms with E-state index < -0.39 is 12.0 Å². The maximum atomic E-state index is 11.6. The van der Waals surface area contributed by atoms with Crippen LogP contribution in [-0.2, 0) is 9.59 Å². The second-order valence-corrected chi connectivity index (χ2v) is 3.33. The molecule has 1 unspecified atom stereocenters. The third kappa shape index (κ3) is 12.6. The molecular weight excluding hydrogens is 309 g/mol. The van der Waals surface area contributed by atoms with Crippen LogP contribution in [0.25, 0.3) is 0 Å². The van der Waals surface area contributed by atoms with Gasteiger partial charge < -0.3 is 27.6 Å². The van der Waals surface area contributed by atoms with Crippen LogP contribution in [0, 0.1) is 19.3 Å². The first-order chi connectivity index (χ1) is 10.1. The molecule has 1 amide bonds. The number of benzene rings is 1. The monoisotopic (exact) mass is 328 g/mol. The molecule has 0 aliphatic carbocycles. The minimum atomic E-state index is -1.26. The van der Waals surface area contributed by atoms with Gasteiger partial charge in [0, 0.05) is 12.0 Å². The van der Waals surface area contributed by atoms with Crippen molar-refractivity contribution in [3.63, 3.8) is 0 Å². The summed E-state index contributed by atoms with van der Waals surface area (Å²) in [5.41, 5.74) is 0.418. The van der Waals surface area contributed by atoms with Crippen molar-refractivity contribution >= 4 is 18.2 Å². The fourth-order valence-corrected chi connectivity index (χ4v) is 1.20. The van der Waals surface area contributed by atoms with Gasteiger partial charge in [0.25, 0.3) is 0 Å². The number of aliphatic carboxylic acids is 1. The van der Waals surface area contributed by atoms with Crippen molar-refractivity contribution in [1.29, 1.82) is 0 Å². The van der Waals surface area contributed by atoms with Crippen molar-refractivity contribution in [3.8, 4) is 12.3 Å². The van der Waals surface area contributed by atoms with Crippen LogP contribution in [0.15, 0.2) is 30.3 Å². The second-order valence-electron chi connectivity index (χ2n) is 3.33. The van der Waals surface area contributed by atoms with Gasteiger partial charge in [-0.05, 0) is 0 Å². The van der Waals surface area contributed by atoms with E-state index in [-0.39, 0.29) is 63.6 Å². The summed E-state index contributed by atoms with van der Waals surface area (Å²) >= 11 is 0. The molecule has 0 radical (unpaired) electrons. The molecule has 0 saturated heterocycles. The van der Waals surface area contributed by atoms with Crippen LogP contribution in [0.4, 0.5) is 0 Å². The van der Waals surface area contributed by atoms with Crippen LogP contribution in [0.3, 0.4) is 0 Å². The Bertz CT molecular complexity index is 469. The van der Waals surface area contributed by atoms with Gasteiger partial charge in [0.2, 0.25) is 0 Å². The topological polar surface area (TPSA) is 83.5 Å². The summed E-state index contributed by atoms with van der Waals surface area (Å²) in [6.45, 7) is 7.01. The maximum absolute atomic E-state index is 11.6. The van der Waals surface area contributed by atoms with E-state index in [9.17, 15) is 14.4 Å². The molecule has 1 aromatic rings. The van der Waals surface area contributed by atoms with Crippen LogP contribution in [0.2, 0.25) is 0 Å². The van der Waals surface area contributed by atoms with Crippen molar-refractivity contribution < 1.29 is 70.9 Å². The number of terminal acetylenes is 1. The summed E-state index contributed by atoms with van der Waals surface area (Å²) in [6, 6.07) is 7.07. The predicted molar refractivity (Wildman–Crippen MR) is 81.2 cm³/mol. The Hall–Kier alpha value is -1.10. The first-order valence-electron chi connectivity index (χ1n) is 6.23. The van der Waals surface area contributed by atoms with Crippen LogP contribution >= 0.6 is 0 Å². The zero-order valence-corrected chi connectivity index (χ0v) is 16.3. The average molecular weight is 328 g/mol. The number of hydrogen-bond donors (Lipinski definition) is 2. The molecule has 0 bridgehead atoms. The summed E-state index contributed by atoms with van der Waals surface area (Å²) in [5.74, 6) is 0.406. The van der Waals surface area contributed by atoms with E-state index in [0.29, 0.717) is 5.56 Å². The number of carbonyl (C=O) groups excluding carboxylic acids is 2. The zero-order valence-electron chi connectivity index (χ0n) is 13.1. The fourth-order valence-electron chi connectivity index (χ4n) is 1.20. The normalized spacial score (nSPS) is 8.95. The number of hydrogen-bond acceptors (Lipinski definition) is 3. The number of ketones is 1. The number of carboxylic acid groups (broad SMARTS) is 1. The molecule has 0 aliphatic rings. The van der Waals surface area contributed by atoms with E-state index in [1.807, 2.05) is 25.1 Å². The van der Waals surface area contributed by atoms with Gasteiger partial charge in [0.1, 0.15) is 6.04 Å². The maximum Gasteiger partial charge on any atom is 1.00 e. The molecule has 22 heavy (non-hydrogen) atoms. The Morgan fingerprint density at radius 2 is 1.82 bits per heavy atom. The Morgan fingerprint density at radius 1 is 1.36 bits per heavy atom.